The summed E-state index contributed by atoms with van der Waals surface area (Å²) in [6.07, 6.45) is 10.8. The van der Waals surface area contributed by atoms with E-state index in [1.807, 2.05) is 27.7 Å². The molecule has 2 aromatic carbocycles. The fraction of sp³-hybridized carbons (Fsp3) is 0.370. The second-order valence-corrected chi connectivity index (χ2v) is 18.5. The zero-order valence-corrected chi connectivity index (χ0v) is 38.4. The minimum Gasteiger partial charge on any atom is -0.444 e. The highest BCUT2D eigenvalue weighted by molar-refractivity contribution is 6.06. The first-order valence-corrected chi connectivity index (χ1v) is 21.4. The molecule has 0 radical (unpaired) electrons. The highest BCUT2D eigenvalue weighted by Gasteiger charge is 2.39. The number of likely N-dealkylation sites (tertiary alicyclic amines) is 1. The number of benzene rings is 2. The standard InChI is InChI=1S/C25H28FN7O3.C21H21FN6O.ClH/c1-24(2,3)36-23(35)33-9-8-25(4,13-33)30-22(34)16-11-27-21-20(16)29-17(12-28-21)19-15-7-6-14(26)10-18(15)32(5)31-19;1-21(7-3-4-8-21)26-20(29)14-10-23-19-18(14)25-15(11-24-19)17-13-6-5-12(22)9-16(13)28(2)27-17;/h6-7,10-12H,8-9,13H2,1-5H3,(H,27,28)(H,30,34);5-6,9-11H,3-4,7-8H2,1-2H3,(H,23,24)(H,26,29);1H. The molecular formula is C46H50ClF2N13O4. The van der Waals surface area contributed by atoms with Crippen LogP contribution in [0.1, 0.15) is 87.4 Å². The van der Waals surface area contributed by atoms with Gasteiger partial charge >= 0.3 is 6.09 Å². The number of fused-ring (bicyclic) bond motifs is 4. The van der Waals surface area contributed by atoms with Crippen LogP contribution in [0.3, 0.4) is 0 Å². The molecule has 3 amide bonds. The van der Waals surface area contributed by atoms with Crippen molar-refractivity contribution in [3.05, 3.63) is 83.9 Å². The summed E-state index contributed by atoms with van der Waals surface area (Å²) < 4.78 is 36.0. The number of aryl methyl sites for hydroxylation is 2. The average Bonchev–Trinajstić information content (AvgIpc) is 4.12. The molecule has 20 heteroatoms. The van der Waals surface area contributed by atoms with E-state index in [1.165, 1.54) is 24.3 Å². The predicted molar refractivity (Wildman–Crippen MR) is 247 cm³/mol. The number of H-pyrrole nitrogens is 2. The summed E-state index contributed by atoms with van der Waals surface area (Å²) in [5.41, 5.74) is 4.78. The Morgan fingerprint density at radius 3 is 1.67 bits per heavy atom. The third kappa shape index (κ3) is 8.86. The molecule has 1 atom stereocenters. The monoisotopic (exact) mass is 921 g/mol. The molecule has 344 valence electrons. The first-order chi connectivity index (χ1) is 30.9. The van der Waals surface area contributed by atoms with Gasteiger partial charge in [0.2, 0.25) is 0 Å². The summed E-state index contributed by atoms with van der Waals surface area (Å²) in [5, 5.41) is 16.7. The fourth-order valence-corrected chi connectivity index (χ4v) is 8.71. The van der Waals surface area contributed by atoms with Crippen LogP contribution < -0.4 is 10.6 Å². The maximum atomic E-state index is 13.7. The topological polar surface area (TPSA) is 207 Å². The molecule has 10 rings (SSSR count). The number of halogens is 3. The van der Waals surface area contributed by atoms with Gasteiger partial charge in [0.05, 0.1) is 40.1 Å². The Morgan fingerprint density at radius 1 is 0.727 bits per heavy atom. The van der Waals surface area contributed by atoms with E-state index in [4.69, 9.17) is 4.74 Å². The number of amides is 3. The zero-order chi connectivity index (χ0) is 46.0. The van der Waals surface area contributed by atoms with E-state index in [1.54, 1.807) is 65.3 Å². The molecule has 1 saturated carbocycles. The summed E-state index contributed by atoms with van der Waals surface area (Å²) in [5.74, 6) is -1.15. The van der Waals surface area contributed by atoms with Crippen molar-refractivity contribution in [2.45, 2.75) is 83.4 Å². The van der Waals surface area contributed by atoms with Gasteiger partial charge in [-0.15, -0.1) is 12.4 Å². The third-order valence-electron chi connectivity index (χ3n) is 12.0. The quantitative estimate of drug-likeness (QED) is 0.127. The van der Waals surface area contributed by atoms with Gasteiger partial charge in [0.25, 0.3) is 11.8 Å². The minimum absolute atomic E-state index is 0. The lowest BCUT2D eigenvalue weighted by molar-refractivity contribution is 0.0280. The number of nitrogens with zero attached hydrogens (tertiary/aromatic N) is 9. The van der Waals surface area contributed by atoms with Crippen LogP contribution in [-0.2, 0) is 18.8 Å². The van der Waals surface area contributed by atoms with Crippen LogP contribution >= 0.6 is 12.4 Å². The number of aromatic nitrogens is 10. The molecule has 1 aliphatic carbocycles. The van der Waals surface area contributed by atoms with E-state index in [0.717, 1.165) is 36.5 Å². The maximum absolute atomic E-state index is 13.7. The summed E-state index contributed by atoms with van der Waals surface area (Å²) in [6.45, 7) is 10.3. The number of carbonyl (C=O) groups is 3. The minimum atomic E-state index is -0.621. The Balaban J connectivity index is 0.000000180. The van der Waals surface area contributed by atoms with Gasteiger partial charge in [0.1, 0.15) is 51.0 Å². The van der Waals surface area contributed by atoms with Gasteiger partial charge in [-0.1, -0.05) is 12.8 Å². The van der Waals surface area contributed by atoms with Gasteiger partial charge in [-0.2, -0.15) is 10.2 Å². The van der Waals surface area contributed by atoms with E-state index in [0.29, 0.717) is 86.8 Å². The molecule has 1 saturated heterocycles. The molecule has 66 heavy (non-hydrogen) atoms. The number of hydrogen-bond donors (Lipinski definition) is 4. The Hall–Kier alpha value is -7.02. The molecule has 7 heterocycles. The summed E-state index contributed by atoms with van der Waals surface area (Å²) in [7, 11) is 3.49. The van der Waals surface area contributed by atoms with Crippen LogP contribution in [-0.4, -0.2) is 102 Å². The molecule has 0 spiro atoms. The predicted octanol–water partition coefficient (Wildman–Crippen LogP) is 7.92. The maximum Gasteiger partial charge on any atom is 0.410 e. The van der Waals surface area contributed by atoms with E-state index in [2.05, 4.69) is 57.7 Å². The second kappa shape index (κ2) is 17.1. The first kappa shape index (κ1) is 45.5. The van der Waals surface area contributed by atoms with Gasteiger partial charge in [-0.25, -0.2) is 33.5 Å². The van der Waals surface area contributed by atoms with Crippen LogP contribution in [0.25, 0.3) is 66.9 Å². The van der Waals surface area contributed by atoms with Crippen LogP contribution in [0.5, 0.6) is 0 Å². The van der Waals surface area contributed by atoms with E-state index >= 15 is 0 Å². The van der Waals surface area contributed by atoms with Crippen molar-refractivity contribution in [3.63, 3.8) is 0 Å². The highest BCUT2D eigenvalue weighted by Crippen LogP contribution is 2.32. The summed E-state index contributed by atoms with van der Waals surface area (Å²) >= 11 is 0. The van der Waals surface area contributed by atoms with Crippen LogP contribution in [0.4, 0.5) is 13.6 Å². The molecule has 1 unspecified atom stereocenters. The Bertz CT molecular complexity index is 3180. The SMILES string of the molecule is Cl.Cn1nc(-c2cnc3[nH]cc(C(=O)NC4(C)CCCC4)c3n2)c2ccc(F)cc21.Cn1nc(-c2cnc3[nH]cc(C(=O)NC4(C)CCN(C(=O)OC(C)(C)C)C4)c3n2)c2ccc(F)cc21. The van der Waals surface area contributed by atoms with Gasteiger partial charge in [0.15, 0.2) is 11.3 Å². The molecule has 17 nitrogen and oxygen atoms in total. The van der Waals surface area contributed by atoms with Crippen molar-refractivity contribution in [1.82, 2.24) is 65.0 Å². The Morgan fingerprint density at radius 2 is 1.20 bits per heavy atom. The summed E-state index contributed by atoms with van der Waals surface area (Å²) in [4.78, 5) is 64.5. The molecule has 2 aliphatic rings. The zero-order valence-electron chi connectivity index (χ0n) is 37.5. The van der Waals surface area contributed by atoms with Gasteiger partial charge in [-0.05, 0) is 90.3 Å². The Labute approximate surface area is 383 Å². The normalized spacial score (nSPS) is 17.0. The number of nitrogens with one attached hydrogen (secondary N) is 4. The molecule has 0 bridgehead atoms. The lowest BCUT2D eigenvalue weighted by atomic mass is 10.0. The van der Waals surface area contributed by atoms with Gasteiger partial charge in [-0.3, -0.25) is 19.0 Å². The van der Waals surface area contributed by atoms with Crippen molar-refractivity contribution < 1.29 is 27.9 Å². The average molecular weight is 922 g/mol. The number of rotatable bonds is 6. The molecule has 2 fully saturated rings. The molecule has 6 aromatic heterocycles. The fourth-order valence-electron chi connectivity index (χ4n) is 8.71. The largest absolute Gasteiger partial charge is 0.444 e. The van der Waals surface area contributed by atoms with Gasteiger partial charge in [0, 0.05) is 55.9 Å². The number of carbonyl (C=O) groups excluding carboxylic acids is 3. The second-order valence-electron chi connectivity index (χ2n) is 18.5. The lowest BCUT2D eigenvalue weighted by Gasteiger charge is -2.27. The van der Waals surface area contributed by atoms with E-state index in [9.17, 15) is 23.2 Å². The highest BCUT2D eigenvalue weighted by atomic mass is 35.5. The van der Waals surface area contributed by atoms with Crippen molar-refractivity contribution in [1.29, 1.82) is 0 Å². The van der Waals surface area contributed by atoms with Crippen molar-refractivity contribution in [3.8, 4) is 22.8 Å². The van der Waals surface area contributed by atoms with E-state index < -0.39 is 17.2 Å². The van der Waals surface area contributed by atoms with Crippen molar-refractivity contribution >= 4 is 74.4 Å². The van der Waals surface area contributed by atoms with Crippen LogP contribution in [0.2, 0.25) is 0 Å². The molecule has 8 aromatic rings. The first-order valence-electron chi connectivity index (χ1n) is 21.4. The lowest BCUT2D eigenvalue weighted by Crippen LogP contribution is -2.49. The van der Waals surface area contributed by atoms with Crippen LogP contribution in [0.15, 0.2) is 61.2 Å². The molecular weight excluding hydrogens is 872 g/mol. The van der Waals surface area contributed by atoms with Crippen molar-refractivity contribution in [2.24, 2.45) is 14.1 Å². The van der Waals surface area contributed by atoms with Gasteiger partial charge < -0.3 is 30.2 Å². The number of hydrogen-bond acceptors (Lipinski definition) is 10. The smallest absolute Gasteiger partial charge is 0.410 e. The summed E-state index contributed by atoms with van der Waals surface area (Å²) in [6, 6.07) is 8.96. The van der Waals surface area contributed by atoms with Crippen molar-refractivity contribution in [2.75, 3.05) is 13.1 Å². The molecule has 1 aliphatic heterocycles. The molecule has 4 N–H and O–H groups in total. The van der Waals surface area contributed by atoms with E-state index in [-0.39, 0.29) is 41.4 Å². The number of ether oxygens (including phenoxy) is 1. The van der Waals surface area contributed by atoms with Crippen LogP contribution in [0, 0.1) is 11.6 Å². The third-order valence-corrected chi connectivity index (χ3v) is 12.0. The number of aromatic amines is 2. The Kier molecular flexibility index (Phi) is 11.8.